The van der Waals surface area contributed by atoms with Gasteiger partial charge < -0.3 is 9.64 Å². The van der Waals surface area contributed by atoms with E-state index in [4.69, 9.17) is 4.74 Å². The number of amides is 1. The van der Waals surface area contributed by atoms with Crippen molar-refractivity contribution in [3.8, 4) is 0 Å². The summed E-state index contributed by atoms with van der Waals surface area (Å²) in [5.41, 5.74) is 1.01. The normalized spacial score (nSPS) is 15.7. The fraction of sp³-hybridized carbons (Fsp3) is 0.278. The van der Waals surface area contributed by atoms with Crippen LogP contribution >= 0.6 is 0 Å². The lowest BCUT2D eigenvalue weighted by Gasteiger charge is -2.35. The van der Waals surface area contributed by atoms with Gasteiger partial charge in [0.1, 0.15) is 12.6 Å². The van der Waals surface area contributed by atoms with Crippen molar-refractivity contribution in [2.24, 2.45) is 0 Å². The number of hydrogen-bond donors (Lipinski definition) is 0. The fourth-order valence-electron chi connectivity index (χ4n) is 3.12. The summed E-state index contributed by atoms with van der Waals surface area (Å²) in [6.45, 7) is -0.214. The van der Waals surface area contributed by atoms with E-state index < -0.39 is 34.9 Å². The fourth-order valence-corrected chi connectivity index (χ4v) is 3.12. The Morgan fingerprint density at radius 3 is 2.59 bits per heavy atom. The van der Waals surface area contributed by atoms with Crippen molar-refractivity contribution in [3.05, 3.63) is 74.2 Å². The van der Waals surface area contributed by atoms with E-state index in [1.165, 1.54) is 12.0 Å². The van der Waals surface area contributed by atoms with Crippen LogP contribution in [0.5, 0.6) is 0 Å². The summed E-state index contributed by atoms with van der Waals surface area (Å²) in [5, 5.41) is 10.9. The summed E-state index contributed by atoms with van der Waals surface area (Å²) in [6.07, 6.45) is 1.32. The molecule has 1 aliphatic heterocycles. The van der Waals surface area contributed by atoms with Crippen LogP contribution in [0.1, 0.15) is 11.1 Å². The van der Waals surface area contributed by atoms with Crippen LogP contribution < -0.4 is 5.56 Å². The second-order valence-corrected chi connectivity index (χ2v) is 6.14. The minimum absolute atomic E-state index is 0.193. The average Bonchev–Trinajstić information content (AvgIpc) is 2.67. The number of aromatic nitrogens is 1. The zero-order chi connectivity index (χ0) is 19.6. The number of nitrogens with zero attached hydrogens (tertiary/aromatic N) is 3. The van der Waals surface area contributed by atoms with Gasteiger partial charge in [-0.3, -0.25) is 24.3 Å². The number of benzene rings is 1. The molecule has 0 unspecified atom stereocenters. The van der Waals surface area contributed by atoms with Gasteiger partial charge in [-0.15, -0.1) is 0 Å². The standard InChI is InChI=1S/C18H17N3O6/c1-27-18(24)15-8-12-4-2-3-5-13(12)9-20(15)17(23)11-19-10-14(21(25)26)6-7-16(19)22/h2-7,10,15H,8-9,11H2,1H3/t15-/m0/s1. The highest BCUT2D eigenvalue weighted by Crippen LogP contribution is 2.24. The van der Waals surface area contributed by atoms with Gasteiger partial charge in [0.05, 0.1) is 18.2 Å². The van der Waals surface area contributed by atoms with Crippen LogP contribution in [0.15, 0.2) is 47.4 Å². The van der Waals surface area contributed by atoms with Gasteiger partial charge in [0.25, 0.3) is 11.2 Å². The highest BCUT2D eigenvalue weighted by Gasteiger charge is 2.35. The van der Waals surface area contributed by atoms with E-state index in [2.05, 4.69) is 0 Å². The number of nitro groups is 1. The molecule has 0 fully saturated rings. The first-order valence-corrected chi connectivity index (χ1v) is 8.19. The van der Waals surface area contributed by atoms with Crippen molar-refractivity contribution in [2.45, 2.75) is 25.6 Å². The number of pyridine rings is 1. The Morgan fingerprint density at radius 2 is 1.93 bits per heavy atom. The second kappa shape index (κ2) is 7.40. The molecule has 1 atom stereocenters. The molecule has 1 aliphatic rings. The quantitative estimate of drug-likeness (QED) is 0.448. The molecule has 1 aromatic heterocycles. The maximum atomic E-state index is 12.8. The molecule has 0 aliphatic carbocycles. The zero-order valence-corrected chi connectivity index (χ0v) is 14.5. The Morgan fingerprint density at radius 1 is 1.22 bits per heavy atom. The van der Waals surface area contributed by atoms with Gasteiger partial charge in [-0.05, 0) is 11.1 Å². The number of methoxy groups -OCH3 is 1. The number of esters is 1. The van der Waals surface area contributed by atoms with E-state index >= 15 is 0 Å². The Hall–Kier alpha value is -3.49. The van der Waals surface area contributed by atoms with E-state index in [1.54, 1.807) is 0 Å². The first kappa shape index (κ1) is 18.3. The lowest BCUT2D eigenvalue weighted by atomic mass is 9.94. The van der Waals surface area contributed by atoms with Crippen LogP contribution in [0, 0.1) is 10.1 Å². The van der Waals surface area contributed by atoms with Crippen LogP contribution in [0.4, 0.5) is 5.69 Å². The van der Waals surface area contributed by atoms with Gasteiger partial charge in [0.2, 0.25) is 5.91 Å². The molecule has 0 saturated carbocycles. The van der Waals surface area contributed by atoms with E-state index in [9.17, 15) is 24.5 Å². The number of carbonyl (C=O) groups excluding carboxylic acids is 2. The SMILES string of the molecule is COC(=O)[C@@H]1Cc2ccccc2CN1C(=O)Cn1cc([N+](=O)[O-])ccc1=O. The highest BCUT2D eigenvalue weighted by atomic mass is 16.6. The molecule has 9 heteroatoms. The van der Waals surface area contributed by atoms with E-state index in [-0.39, 0.29) is 12.2 Å². The molecule has 2 heterocycles. The third kappa shape index (κ3) is 3.71. The lowest BCUT2D eigenvalue weighted by molar-refractivity contribution is -0.385. The number of rotatable bonds is 4. The molecule has 0 bridgehead atoms. The maximum absolute atomic E-state index is 12.8. The van der Waals surface area contributed by atoms with Crippen molar-refractivity contribution in [3.63, 3.8) is 0 Å². The average molecular weight is 371 g/mol. The minimum Gasteiger partial charge on any atom is -0.467 e. The van der Waals surface area contributed by atoms with E-state index in [1.807, 2.05) is 24.3 Å². The van der Waals surface area contributed by atoms with Crippen molar-refractivity contribution < 1.29 is 19.2 Å². The maximum Gasteiger partial charge on any atom is 0.328 e. The van der Waals surface area contributed by atoms with Crippen LogP contribution in [0.2, 0.25) is 0 Å². The largest absolute Gasteiger partial charge is 0.467 e. The molecule has 0 spiro atoms. The van der Waals surface area contributed by atoms with Crippen molar-refractivity contribution >= 4 is 17.6 Å². The van der Waals surface area contributed by atoms with Gasteiger partial charge in [-0.25, -0.2) is 4.79 Å². The number of fused-ring (bicyclic) bond motifs is 1. The predicted octanol–water partition coefficient (Wildman–Crippen LogP) is 0.883. The lowest BCUT2D eigenvalue weighted by Crippen LogP contribution is -2.50. The van der Waals surface area contributed by atoms with Crippen molar-refractivity contribution in [2.75, 3.05) is 7.11 Å². The van der Waals surface area contributed by atoms with E-state index in [0.717, 1.165) is 34.0 Å². The molecule has 1 amide bonds. The third-order valence-electron chi connectivity index (χ3n) is 4.53. The molecule has 0 radical (unpaired) electrons. The minimum atomic E-state index is -0.813. The Kier molecular flexibility index (Phi) is 5.02. The van der Waals surface area contributed by atoms with Gasteiger partial charge in [-0.2, -0.15) is 0 Å². The Labute approximate surface area is 153 Å². The Bertz CT molecular complexity index is 968. The summed E-state index contributed by atoms with van der Waals surface area (Å²) in [5.74, 6) is -1.05. The smallest absolute Gasteiger partial charge is 0.328 e. The van der Waals surface area contributed by atoms with Crippen molar-refractivity contribution in [1.29, 1.82) is 0 Å². The molecule has 0 N–H and O–H groups in total. The van der Waals surface area contributed by atoms with Gasteiger partial charge >= 0.3 is 5.97 Å². The van der Waals surface area contributed by atoms with Gasteiger partial charge in [0.15, 0.2) is 0 Å². The number of hydrogen-bond acceptors (Lipinski definition) is 6. The zero-order valence-electron chi connectivity index (χ0n) is 14.5. The summed E-state index contributed by atoms with van der Waals surface area (Å²) in [4.78, 5) is 48.6. The summed E-state index contributed by atoms with van der Waals surface area (Å²) in [6, 6.07) is 8.75. The van der Waals surface area contributed by atoms with Crippen LogP contribution in [-0.2, 0) is 33.8 Å². The summed E-state index contributed by atoms with van der Waals surface area (Å²) in [7, 11) is 1.25. The molecule has 3 rings (SSSR count). The molecule has 2 aromatic rings. The molecule has 140 valence electrons. The topological polar surface area (TPSA) is 112 Å². The third-order valence-corrected chi connectivity index (χ3v) is 4.53. The highest BCUT2D eigenvalue weighted by molar-refractivity contribution is 5.85. The Balaban J connectivity index is 1.90. The summed E-state index contributed by atoms with van der Waals surface area (Å²) >= 11 is 0. The van der Waals surface area contributed by atoms with Crippen LogP contribution in [0.3, 0.4) is 0 Å². The number of ether oxygens (including phenoxy) is 1. The monoisotopic (exact) mass is 371 g/mol. The summed E-state index contributed by atoms with van der Waals surface area (Å²) < 4.78 is 5.79. The van der Waals surface area contributed by atoms with Gasteiger partial charge in [0, 0.05) is 25.1 Å². The number of carbonyl (C=O) groups is 2. The molecule has 0 saturated heterocycles. The molecule has 27 heavy (non-hydrogen) atoms. The molecule has 9 nitrogen and oxygen atoms in total. The first-order chi connectivity index (χ1) is 12.9. The van der Waals surface area contributed by atoms with Crippen molar-refractivity contribution in [1.82, 2.24) is 9.47 Å². The predicted molar refractivity (Wildman–Crippen MR) is 93.9 cm³/mol. The van der Waals surface area contributed by atoms with Gasteiger partial charge in [-0.1, -0.05) is 24.3 Å². The molecular formula is C18H17N3O6. The molecule has 1 aromatic carbocycles. The second-order valence-electron chi connectivity index (χ2n) is 6.14. The van der Waals surface area contributed by atoms with Crippen LogP contribution in [-0.4, -0.2) is 39.4 Å². The van der Waals surface area contributed by atoms with E-state index in [0.29, 0.717) is 6.42 Å². The van der Waals surface area contributed by atoms with Crippen LogP contribution in [0.25, 0.3) is 0 Å². The first-order valence-electron chi connectivity index (χ1n) is 8.19. The molecular weight excluding hydrogens is 354 g/mol.